The molecule has 2 rings (SSSR count). The molecule has 3 N–H and O–H groups in total. The van der Waals surface area contributed by atoms with Crippen molar-refractivity contribution in [3.8, 4) is 5.75 Å². The molecule has 2 aromatic rings. The lowest BCUT2D eigenvalue weighted by molar-refractivity contribution is -0.117. The molecular formula is C16H14ClFN2O3. The summed E-state index contributed by atoms with van der Waals surface area (Å²) < 4.78 is 18.5. The molecule has 0 aliphatic heterocycles. The van der Waals surface area contributed by atoms with Gasteiger partial charge in [-0.15, -0.1) is 0 Å². The topological polar surface area (TPSA) is 81.4 Å². The highest BCUT2D eigenvalue weighted by Gasteiger charge is 2.08. The van der Waals surface area contributed by atoms with E-state index in [2.05, 4.69) is 5.32 Å². The molecule has 5 nitrogen and oxygen atoms in total. The van der Waals surface area contributed by atoms with Crippen molar-refractivity contribution in [2.45, 2.75) is 6.61 Å². The van der Waals surface area contributed by atoms with Crippen LogP contribution in [0.3, 0.4) is 0 Å². The van der Waals surface area contributed by atoms with Crippen molar-refractivity contribution in [1.29, 1.82) is 0 Å². The second kappa shape index (κ2) is 7.60. The Kier molecular flexibility index (Phi) is 5.54. The molecule has 0 radical (unpaired) electrons. The van der Waals surface area contributed by atoms with Crippen molar-refractivity contribution < 1.29 is 18.7 Å². The van der Waals surface area contributed by atoms with E-state index < -0.39 is 17.6 Å². The van der Waals surface area contributed by atoms with Gasteiger partial charge in [0.05, 0.1) is 11.6 Å². The fourth-order valence-electron chi connectivity index (χ4n) is 1.80. The summed E-state index contributed by atoms with van der Waals surface area (Å²) in [5.74, 6) is -1.05. The summed E-state index contributed by atoms with van der Waals surface area (Å²) >= 11 is 5.92. The zero-order chi connectivity index (χ0) is 16.8. The predicted octanol–water partition coefficient (Wildman–Crippen LogP) is 2.27. The number of rotatable bonds is 6. The van der Waals surface area contributed by atoms with Crippen LogP contribution in [-0.4, -0.2) is 18.4 Å². The molecule has 0 aliphatic carbocycles. The van der Waals surface area contributed by atoms with Gasteiger partial charge in [0, 0.05) is 11.1 Å². The monoisotopic (exact) mass is 336 g/mol. The molecule has 2 amide bonds. The van der Waals surface area contributed by atoms with Crippen molar-refractivity contribution in [3.63, 3.8) is 0 Å². The molecule has 0 saturated heterocycles. The molecule has 23 heavy (non-hydrogen) atoms. The molecular weight excluding hydrogens is 323 g/mol. The molecule has 2 aromatic carbocycles. The van der Waals surface area contributed by atoms with Crippen LogP contribution < -0.4 is 15.8 Å². The van der Waals surface area contributed by atoms with E-state index in [4.69, 9.17) is 22.1 Å². The molecule has 0 heterocycles. The van der Waals surface area contributed by atoms with E-state index in [1.54, 1.807) is 18.2 Å². The van der Waals surface area contributed by atoms with Crippen LogP contribution in [0.1, 0.15) is 15.9 Å². The Morgan fingerprint density at radius 1 is 1.22 bits per heavy atom. The number of ether oxygens (including phenoxy) is 1. The van der Waals surface area contributed by atoms with Crippen LogP contribution in [0.4, 0.5) is 4.39 Å². The van der Waals surface area contributed by atoms with Gasteiger partial charge in [-0.3, -0.25) is 9.59 Å². The molecule has 7 heteroatoms. The van der Waals surface area contributed by atoms with Gasteiger partial charge in [-0.2, -0.15) is 0 Å². The number of nitrogens with two attached hydrogens (primary N) is 1. The van der Waals surface area contributed by atoms with E-state index in [1.165, 1.54) is 24.3 Å². The molecule has 0 bridgehead atoms. The lowest BCUT2D eigenvalue weighted by Crippen LogP contribution is -2.33. The van der Waals surface area contributed by atoms with Gasteiger partial charge in [0.25, 0.3) is 5.91 Å². The summed E-state index contributed by atoms with van der Waals surface area (Å²) in [7, 11) is 0. The van der Waals surface area contributed by atoms with Crippen LogP contribution >= 0.6 is 11.6 Å². The number of carbonyl (C=O) groups is 2. The first-order valence-electron chi connectivity index (χ1n) is 6.69. The molecule has 0 saturated carbocycles. The van der Waals surface area contributed by atoms with Gasteiger partial charge < -0.3 is 15.8 Å². The van der Waals surface area contributed by atoms with Crippen LogP contribution in [0, 0.1) is 5.82 Å². The summed E-state index contributed by atoms with van der Waals surface area (Å²) in [5.41, 5.74) is 5.92. The van der Waals surface area contributed by atoms with E-state index in [1.807, 2.05) is 0 Å². The summed E-state index contributed by atoms with van der Waals surface area (Å²) in [6, 6.07) is 10.4. The third-order valence-electron chi connectivity index (χ3n) is 2.93. The fourth-order valence-corrected chi connectivity index (χ4v) is 2.02. The van der Waals surface area contributed by atoms with Crippen LogP contribution in [-0.2, 0) is 11.4 Å². The van der Waals surface area contributed by atoms with Crippen molar-refractivity contribution in [1.82, 2.24) is 5.32 Å². The number of nitrogens with one attached hydrogen (secondary N) is 1. The Bertz CT molecular complexity index is 737. The minimum Gasteiger partial charge on any atom is -0.489 e. The highest BCUT2D eigenvalue weighted by atomic mass is 35.5. The molecule has 120 valence electrons. The van der Waals surface area contributed by atoms with Crippen LogP contribution in [0.5, 0.6) is 5.75 Å². The summed E-state index contributed by atoms with van der Waals surface area (Å²) in [6.45, 7) is -0.111. The van der Waals surface area contributed by atoms with E-state index in [0.29, 0.717) is 16.9 Å². The normalized spacial score (nSPS) is 10.2. The summed E-state index contributed by atoms with van der Waals surface area (Å²) in [4.78, 5) is 22.5. The van der Waals surface area contributed by atoms with Gasteiger partial charge in [-0.05, 0) is 30.3 Å². The minimum atomic E-state index is -0.628. The Balaban J connectivity index is 2.02. The van der Waals surface area contributed by atoms with E-state index >= 15 is 0 Å². The van der Waals surface area contributed by atoms with Gasteiger partial charge in [-0.1, -0.05) is 23.7 Å². The Morgan fingerprint density at radius 2 is 2.00 bits per heavy atom. The Labute approximate surface area is 137 Å². The fraction of sp³-hybridized carbons (Fsp3) is 0.125. The zero-order valence-corrected chi connectivity index (χ0v) is 12.8. The summed E-state index contributed by atoms with van der Waals surface area (Å²) in [6.07, 6.45) is 0. The standard InChI is InChI=1S/C16H14ClFN2O3/c17-14-7-12(18)5-4-11(14)9-23-13-3-1-2-10(6-13)16(22)20-8-15(19)21/h1-7H,8-9H2,(H2,19,21)(H,20,22). The SMILES string of the molecule is NC(=O)CNC(=O)c1cccc(OCc2ccc(F)cc2Cl)c1. The Morgan fingerprint density at radius 3 is 2.70 bits per heavy atom. The van der Waals surface area contributed by atoms with Gasteiger partial charge in [0.15, 0.2) is 0 Å². The Hall–Kier alpha value is -2.60. The summed E-state index contributed by atoms with van der Waals surface area (Å²) in [5, 5.41) is 2.65. The van der Waals surface area contributed by atoms with Gasteiger partial charge in [0.2, 0.25) is 5.91 Å². The molecule has 0 spiro atoms. The molecule has 0 atom stereocenters. The maximum absolute atomic E-state index is 13.0. The van der Waals surface area contributed by atoms with Crippen molar-refractivity contribution in [2.24, 2.45) is 5.73 Å². The largest absolute Gasteiger partial charge is 0.489 e. The van der Waals surface area contributed by atoms with Gasteiger partial charge in [-0.25, -0.2) is 4.39 Å². The van der Waals surface area contributed by atoms with Crippen molar-refractivity contribution in [3.05, 3.63) is 64.4 Å². The average molecular weight is 337 g/mol. The second-order valence-electron chi connectivity index (χ2n) is 4.70. The zero-order valence-electron chi connectivity index (χ0n) is 12.0. The molecule has 0 aromatic heterocycles. The number of hydrogen-bond acceptors (Lipinski definition) is 3. The third-order valence-corrected chi connectivity index (χ3v) is 3.28. The number of hydrogen-bond donors (Lipinski definition) is 2. The van der Waals surface area contributed by atoms with E-state index in [9.17, 15) is 14.0 Å². The van der Waals surface area contributed by atoms with Gasteiger partial charge in [0.1, 0.15) is 18.2 Å². The quantitative estimate of drug-likeness (QED) is 0.849. The lowest BCUT2D eigenvalue weighted by atomic mass is 10.2. The van der Waals surface area contributed by atoms with E-state index in [0.717, 1.165) is 0 Å². The van der Waals surface area contributed by atoms with Crippen LogP contribution in [0.15, 0.2) is 42.5 Å². The molecule has 0 unspecified atom stereocenters. The molecule has 0 aliphatic rings. The van der Waals surface area contributed by atoms with E-state index in [-0.39, 0.29) is 18.2 Å². The lowest BCUT2D eigenvalue weighted by Gasteiger charge is -2.09. The number of carbonyl (C=O) groups excluding carboxylic acids is 2. The van der Waals surface area contributed by atoms with Crippen molar-refractivity contribution in [2.75, 3.05) is 6.54 Å². The van der Waals surface area contributed by atoms with Gasteiger partial charge >= 0.3 is 0 Å². The van der Waals surface area contributed by atoms with Crippen LogP contribution in [0.2, 0.25) is 5.02 Å². The number of benzene rings is 2. The number of amides is 2. The first kappa shape index (κ1) is 16.8. The highest BCUT2D eigenvalue weighted by Crippen LogP contribution is 2.20. The minimum absolute atomic E-state index is 0.130. The maximum atomic E-state index is 13.0. The third kappa shape index (κ3) is 4.96. The first-order chi connectivity index (χ1) is 11.0. The first-order valence-corrected chi connectivity index (χ1v) is 7.07. The second-order valence-corrected chi connectivity index (χ2v) is 5.11. The highest BCUT2D eigenvalue weighted by molar-refractivity contribution is 6.31. The predicted molar refractivity (Wildman–Crippen MR) is 83.7 cm³/mol. The smallest absolute Gasteiger partial charge is 0.251 e. The van der Waals surface area contributed by atoms with Crippen LogP contribution in [0.25, 0.3) is 0 Å². The number of halogens is 2. The molecule has 0 fully saturated rings. The number of primary amides is 1. The van der Waals surface area contributed by atoms with Crippen molar-refractivity contribution >= 4 is 23.4 Å². The average Bonchev–Trinajstić information content (AvgIpc) is 2.52. The maximum Gasteiger partial charge on any atom is 0.251 e.